The largest absolute Gasteiger partial charge is 0.390 e. The molecule has 0 saturated heterocycles. The minimum atomic E-state index is -0.468. The van der Waals surface area contributed by atoms with Gasteiger partial charge in [0.15, 0.2) is 0 Å². The van der Waals surface area contributed by atoms with E-state index in [0.717, 1.165) is 12.3 Å². The summed E-state index contributed by atoms with van der Waals surface area (Å²) in [4.78, 5) is 2.32. The molecule has 1 aliphatic rings. The maximum Gasteiger partial charge on any atom is 0.0820 e. The quantitative estimate of drug-likeness (QED) is 0.846. The Morgan fingerprint density at radius 2 is 1.90 bits per heavy atom. The van der Waals surface area contributed by atoms with E-state index in [4.69, 9.17) is 5.73 Å². The van der Waals surface area contributed by atoms with Crippen molar-refractivity contribution in [1.29, 1.82) is 0 Å². The van der Waals surface area contributed by atoms with E-state index in [1.807, 2.05) is 18.2 Å². The lowest BCUT2D eigenvalue weighted by Crippen LogP contribution is -2.48. The molecule has 1 aliphatic carbocycles. The summed E-state index contributed by atoms with van der Waals surface area (Å²) in [6.07, 6.45) is 5.48. The molecule has 118 valence electrons. The Hall–Kier alpha value is -0.900. The van der Waals surface area contributed by atoms with Crippen molar-refractivity contribution in [2.24, 2.45) is 11.7 Å². The zero-order chi connectivity index (χ0) is 15.2. The molecule has 0 spiro atoms. The molecular formula is C18H30N2O. The van der Waals surface area contributed by atoms with Crippen LogP contribution in [0.4, 0.5) is 0 Å². The molecule has 3 nitrogen and oxygen atoms in total. The smallest absolute Gasteiger partial charge is 0.0820 e. The number of rotatable bonds is 6. The normalized spacial score (nSPS) is 25.8. The van der Waals surface area contributed by atoms with Gasteiger partial charge in [0.2, 0.25) is 0 Å². The summed E-state index contributed by atoms with van der Waals surface area (Å²) in [6.45, 7) is 3.00. The summed E-state index contributed by atoms with van der Waals surface area (Å²) in [5, 5.41) is 10.4. The van der Waals surface area contributed by atoms with Crippen molar-refractivity contribution >= 4 is 0 Å². The first-order chi connectivity index (χ1) is 10.1. The monoisotopic (exact) mass is 290 g/mol. The van der Waals surface area contributed by atoms with E-state index in [1.54, 1.807) is 0 Å². The van der Waals surface area contributed by atoms with Crippen LogP contribution in [0.15, 0.2) is 30.3 Å². The summed E-state index contributed by atoms with van der Waals surface area (Å²) in [7, 11) is 2.13. The van der Waals surface area contributed by atoms with Gasteiger partial charge in [0.05, 0.1) is 6.10 Å². The first-order valence-corrected chi connectivity index (χ1v) is 8.25. The molecule has 0 aromatic heterocycles. The van der Waals surface area contributed by atoms with Gasteiger partial charge in [0.25, 0.3) is 0 Å². The number of hydrogen-bond donors (Lipinski definition) is 2. The van der Waals surface area contributed by atoms with E-state index in [2.05, 4.69) is 31.0 Å². The fraction of sp³-hybridized carbons (Fsp3) is 0.667. The lowest BCUT2D eigenvalue weighted by molar-refractivity contribution is 0.0579. The number of hydrogen-bond acceptors (Lipinski definition) is 3. The Balaban J connectivity index is 1.83. The van der Waals surface area contributed by atoms with Crippen LogP contribution < -0.4 is 5.73 Å². The standard InChI is InChI=1S/C18H30N2O/c1-14-8-6-7-11-17(14)20(2)13-18(21)16(19)12-15-9-4-3-5-10-15/h3-5,9-10,14,16-18,21H,6-8,11-13,19H2,1-2H3. The van der Waals surface area contributed by atoms with Crippen molar-refractivity contribution in [3.63, 3.8) is 0 Å². The van der Waals surface area contributed by atoms with Crippen LogP contribution in [-0.4, -0.2) is 41.8 Å². The lowest BCUT2D eigenvalue weighted by atomic mass is 9.85. The van der Waals surface area contributed by atoms with E-state index in [-0.39, 0.29) is 6.04 Å². The van der Waals surface area contributed by atoms with Crippen LogP contribution in [0.3, 0.4) is 0 Å². The van der Waals surface area contributed by atoms with Crippen molar-refractivity contribution in [3.8, 4) is 0 Å². The van der Waals surface area contributed by atoms with Crippen LogP contribution in [0.1, 0.15) is 38.2 Å². The Kier molecular flexibility index (Phi) is 6.22. The number of likely N-dealkylation sites (N-methyl/N-ethyl adjacent to an activating group) is 1. The molecule has 0 amide bonds. The zero-order valence-electron chi connectivity index (χ0n) is 13.4. The van der Waals surface area contributed by atoms with E-state index in [0.29, 0.717) is 12.6 Å². The zero-order valence-corrected chi connectivity index (χ0v) is 13.4. The Morgan fingerprint density at radius 3 is 2.57 bits per heavy atom. The van der Waals surface area contributed by atoms with Gasteiger partial charge in [-0.3, -0.25) is 0 Å². The molecule has 4 atom stereocenters. The second-order valence-electron chi connectivity index (χ2n) is 6.69. The molecule has 3 heteroatoms. The topological polar surface area (TPSA) is 49.5 Å². The Morgan fingerprint density at radius 1 is 1.24 bits per heavy atom. The summed E-state index contributed by atoms with van der Waals surface area (Å²) >= 11 is 0. The van der Waals surface area contributed by atoms with Crippen molar-refractivity contribution in [2.75, 3.05) is 13.6 Å². The molecule has 2 rings (SSSR count). The van der Waals surface area contributed by atoms with Gasteiger partial charge in [0.1, 0.15) is 0 Å². The highest BCUT2D eigenvalue weighted by atomic mass is 16.3. The second kappa shape index (κ2) is 7.92. The number of nitrogens with two attached hydrogens (primary N) is 1. The lowest BCUT2D eigenvalue weighted by Gasteiger charge is -2.38. The van der Waals surface area contributed by atoms with Gasteiger partial charge in [-0.25, -0.2) is 0 Å². The van der Waals surface area contributed by atoms with Crippen LogP contribution in [0, 0.1) is 5.92 Å². The second-order valence-corrected chi connectivity index (χ2v) is 6.69. The van der Waals surface area contributed by atoms with Gasteiger partial charge in [0, 0.05) is 18.6 Å². The average molecular weight is 290 g/mol. The SMILES string of the molecule is CC1CCCCC1N(C)CC(O)C(N)Cc1ccccc1. The molecule has 1 saturated carbocycles. The van der Waals surface area contributed by atoms with Crippen LogP contribution in [0.2, 0.25) is 0 Å². The van der Waals surface area contributed by atoms with Gasteiger partial charge in [-0.1, -0.05) is 50.1 Å². The number of nitrogens with zero attached hydrogens (tertiary/aromatic N) is 1. The first-order valence-electron chi connectivity index (χ1n) is 8.25. The summed E-state index contributed by atoms with van der Waals surface area (Å²) < 4.78 is 0. The predicted molar refractivity (Wildman–Crippen MR) is 88.2 cm³/mol. The number of aliphatic hydroxyl groups excluding tert-OH is 1. The van der Waals surface area contributed by atoms with E-state index in [1.165, 1.54) is 31.2 Å². The third-order valence-corrected chi connectivity index (χ3v) is 4.92. The fourth-order valence-electron chi connectivity index (χ4n) is 3.54. The molecule has 0 aliphatic heterocycles. The molecular weight excluding hydrogens is 260 g/mol. The van der Waals surface area contributed by atoms with Crippen LogP contribution >= 0.6 is 0 Å². The van der Waals surface area contributed by atoms with Crippen LogP contribution in [-0.2, 0) is 6.42 Å². The molecule has 1 aromatic carbocycles. The Bertz CT molecular complexity index is 409. The highest BCUT2D eigenvalue weighted by Crippen LogP contribution is 2.27. The summed E-state index contributed by atoms with van der Waals surface area (Å²) in [6, 6.07) is 10.6. The van der Waals surface area contributed by atoms with Crippen LogP contribution in [0.5, 0.6) is 0 Å². The maximum absolute atomic E-state index is 10.4. The van der Waals surface area contributed by atoms with Crippen molar-refractivity contribution in [2.45, 2.75) is 57.2 Å². The maximum atomic E-state index is 10.4. The number of benzene rings is 1. The molecule has 21 heavy (non-hydrogen) atoms. The van der Waals surface area contributed by atoms with Crippen molar-refractivity contribution < 1.29 is 5.11 Å². The Labute approximate surface area is 129 Å². The average Bonchev–Trinajstić information content (AvgIpc) is 2.48. The highest BCUT2D eigenvalue weighted by Gasteiger charge is 2.27. The molecule has 3 N–H and O–H groups in total. The highest BCUT2D eigenvalue weighted by molar-refractivity contribution is 5.16. The van der Waals surface area contributed by atoms with Gasteiger partial charge in [-0.15, -0.1) is 0 Å². The molecule has 1 fully saturated rings. The minimum absolute atomic E-state index is 0.200. The third kappa shape index (κ3) is 4.80. The molecule has 4 unspecified atom stereocenters. The fourth-order valence-corrected chi connectivity index (χ4v) is 3.54. The van der Waals surface area contributed by atoms with Gasteiger partial charge in [-0.2, -0.15) is 0 Å². The van der Waals surface area contributed by atoms with Gasteiger partial charge in [-0.05, 0) is 37.8 Å². The summed E-state index contributed by atoms with van der Waals surface area (Å²) in [5.74, 6) is 0.723. The van der Waals surface area contributed by atoms with Gasteiger partial charge < -0.3 is 15.7 Å². The minimum Gasteiger partial charge on any atom is -0.390 e. The van der Waals surface area contributed by atoms with E-state index in [9.17, 15) is 5.11 Å². The van der Waals surface area contributed by atoms with Crippen molar-refractivity contribution in [1.82, 2.24) is 4.90 Å². The predicted octanol–water partition coefficient (Wildman–Crippen LogP) is 2.43. The van der Waals surface area contributed by atoms with Crippen molar-refractivity contribution in [3.05, 3.63) is 35.9 Å². The van der Waals surface area contributed by atoms with E-state index >= 15 is 0 Å². The molecule has 1 aromatic rings. The molecule has 0 bridgehead atoms. The third-order valence-electron chi connectivity index (χ3n) is 4.92. The molecule has 0 heterocycles. The van der Waals surface area contributed by atoms with E-state index < -0.39 is 6.10 Å². The van der Waals surface area contributed by atoms with Crippen LogP contribution in [0.25, 0.3) is 0 Å². The summed E-state index contributed by atoms with van der Waals surface area (Å²) in [5.41, 5.74) is 7.38. The first kappa shape index (κ1) is 16.5. The molecule has 0 radical (unpaired) electrons. The van der Waals surface area contributed by atoms with Gasteiger partial charge >= 0.3 is 0 Å². The number of aliphatic hydroxyl groups is 1.